The number of carbonyl (C=O) groups excluding carboxylic acids is 1. The first-order valence-corrected chi connectivity index (χ1v) is 5.05. The summed E-state index contributed by atoms with van der Waals surface area (Å²) in [5, 5.41) is 8.63. The second-order valence-electron chi connectivity index (χ2n) is 3.20. The molecule has 0 amide bonds. The van der Waals surface area contributed by atoms with Crippen LogP contribution in [0.4, 0.5) is 0 Å². The Balaban J connectivity index is 3.09. The summed E-state index contributed by atoms with van der Waals surface area (Å²) in [4.78, 5) is 11.7. The molecular formula is C11H10BrNO. The van der Waals surface area contributed by atoms with E-state index < -0.39 is 5.92 Å². The average Bonchev–Trinajstić information content (AvgIpc) is 2.15. The number of ketones is 1. The van der Waals surface area contributed by atoms with Gasteiger partial charge in [0.05, 0.1) is 6.07 Å². The molecule has 1 aromatic rings. The summed E-state index contributed by atoms with van der Waals surface area (Å²) in [5.74, 6) is -0.728. The molecule has 0 saturated heterocycles. The Labute approximate surface area is 91.7 Å². The molecule has 1 atom stereocenters. The zero-order valence-electron chi connectivity index (χ0n) is 8.04. The van der Waals surface area contributed by atoms with Crippen molar-refractivity contribution in [3.63, 3.8) is 0 Å². The molecule has 1 rings (SSSR count). The molecule has 1 unspecified atom stereocenters. The molecular weight excluding hydrogens is 242 g/mol. The van der Waals surface area contributed by atoms with Gasteiger partial charge in [-0.3, -0.25) is 4.79 Å². The lowest BCUT2D eigenvalue weighted by atomic mass is 10.00. The Morgan fingerprint density at radius 3 is 2.71 bits per heavy atom. The smallest absolute Gasteiger partial charge is 0.180 e. The third-order valence-corrected chi connectivity index (χ3v) is 2.63. The van der Waals surface area contributed by atoms with E-state index in [0.29, 0.717) is 5.56 Å². The first kappa shape index (κ1) is 10.9. The fraction of sp³-hybridized carbons (Fsp3) is 0.273. The Morgan fingerprint density at radius 1 is 1.57 bits per heavy atom. The van der Waals surface area contributed by atoms with Gasteiger partial charge in [-0.05, 0) is 31.5 Å². The van der Waals surface area contributed by atoms with Gasteiger partial charge in [0.2, 0.25) is 0 Å². The molecule has 0 N–H and O–H groups in total. The Kier molecular flexibility index (Phi) is 3.43. The molecule has 0 fully saturated rings. The fourth-order valence-electron chi connectivity index (χ4n) is 1.11. The van der Waals surface area contributed by atoms with E-state index in [1.807, 2.05) is 25.1 Å². The maximum Gasteiger partial charge on any atom is 0.180 e. The standard InChI is InChI=1S/C11H10BrNO/c1-7-3-4-9(10(12)5-7)11(14)8(2)6-13/h3-5,8H,1-2H3. The van der Waals surface area contributed by atoms with Crippen molar-refractivity contribution in [2.45, 2.75) is 13.8 Å². The van der Waals surface area contributed by atoms with E-state index in [9.17, 15) is 4.79 Å². The molecule has 1 aromatic carbocycles. The summed E-state index contributed by atoms with van der Waals surface area (Å²) >= 11 is 3.31. The maximum absolute atomic E-state index is 11.7. The molecule has 0 bridgehead atoms. The molecule has 0 aromatic heterocycles. The average molecular weight is 252 g/mol. The normalized spacial score (nSPS) is 11.9. The number of hydrogen-bond acceptors (Lipinski definition) is 2. The summed E-state index contributed by atoms with van der Waals surface area (Å²) in [6.45, 7) is 3.56. The number of nitriles is 1. The maximum atomic E-state index is 11.7. The Morgan fingerprint density at radius 2 is 2.21 bits per heavy atom. The van der Waals surface area contributed by atoms with Gasteiger partial charge in [0.1, 0.15) is 5.92 Å². The van der Waals surface area contributed by atoms with Gasteiger partial charge in [-0.1, -0.05) is 22.0 Å². The number of halogens is 1. The van der Waals surface area contributed by atoms with Crippen LogP contribution in [0.25, 0.3) is 0 Å². The number of rotatable bonds is 2. The Hall–Kier alpha value is -1.14. The summed E-state index contributed by atoms with van der Waals surface area (Å²) < 4.78 is 0.754. The van der Waals surface area contributed by atoms with E-state index in [1.165, 1.54) is 0 Å². The third-order valence-electron chi connectivity index (χ3n) is 1.98. The first-order valence-electron chi connectivity index (χ1n) is 4.26. The second-order valence-corrected chi connectivity index (χ2v) is 4.05. The van der Waals surface area contributed by atoms with Crippen LogP contribution in [0.2, 0.25) is 0 Å². The highest BCUT2D eigenvalue weighted by atomic mass is 79.9. The molecule has 0 heterocycles. The van der Waals surface area contributed by atoms with E-state index >= 15 is 0 Å². The second kappa shape index (κ2) is 4.39. The van der Waals surface area contributed by atoms with Gasteiger partial charge >= 0.3 is 0 Å². The number of aryl methyl sites for hydroxylation is 1. The van der Waals surface area contributed by atoms with Gasteiger partial charge in [-0.25, -0.2) is 0 Å². The molecule has 0 spiro atoms. The minimum Gasteiger partial charge on any atom is -0.293 e. The highest BCUT2D eigenvalue weighted by Crippen LogP contribution is 2.21. The van der Waals surface area contributed by atoms with Crippen molar-refractivity contribution >= 4 is 21.7 Å². The molecule has 0 radical (unpaired) electrons. The van der Waals surface area contributed by atoms with Crippen LogP contribution >= 0.6 is 15.9 Å². The van der Waals surface area contributed by atoms with Gasteiger partial charge in [0, 0.05) is 10.0 Å². The molecule has 0 aliphatic heterocycles. The van der Waals surface area contributed by atoms with E-state index in [2.05, 4.69) is 15.9 Å². The van der Waals surface area contributed by atoms with Crippen LogP contribution in [-0.2, 0) is 0 Å². The number of hydrogen-bond donors (Lipinski definition) is 0. The highest BCUT2D eigenvalue weighted by molar-refractivity contribution is 9.10. The first-order chi connectivity index (χ1) is 6.56. The van der Waals surface area contributed by atoms with E-state index in [-0.39, 0.29) is 5.78 Å². The number of Topliss-reactive ketones (excluding diaryl/α,β-unsaturated/α-hetero) is 1. The minimum absolute atomic E-state index is 0.139. The van der Waals surface area contributed by atoms with Crippen LogP contribution in [0.1, 0.15) is 22.8 Å². The van der Waals surface area contributed by atoms with Crippen molar-refractivity contribution in [3.05, 3.63) is 33.8 Å². The van der Waals surface area contributed by atoms with Gasteiger partial charge in [-0.2, -0.15) is 5.26 Å². The lowest BCUT2D eigenvalue weighted by Crippen LogP contribution is -2.09. The minimum atomic E-state index is -0.589. The molecule has 72 valence electrons. The van der Waals surface area contributed by atoms with Crippen LogP contribution in [0.3, 0.4) is 0 Å². The van der Waals surface area contributed by atoms with Crippen LogP contribution in [0.15, 0.2) is 22.7 Å². The predicted octanol–water partition coefficient (Wildman–Crippen LogP) is 3.10. The van der Waals surface area contributed by atoms with Crippen LogP contribution < -0.4 is 0 Å². The molecule has 0 aliphatic rings. The van der Waals surface area contributed by atoms with Gasteiger partial charge in [0.15, 0.2) is 5.78 Å². The van der Waals surface area contributed by atoms with Crippen LogP contribution in [-0.4, -0.2) is 5.78 Å². The topological polar surface area (TPSA) is 40.9 Å². The van der Waals surface area contributed by atoms with Gasteiger partial charge in [-0.15, -0.1) is 0 Å². The largest absolute Gasteiger partial charge is 0.293 e. The van der Waals surface area contributed by atoms with Gasteiger partial charge < -0.3 is 0 Å². The predicted molar refractivity (Wildman–Crippen MR) is 58.0 cm³/mol. The van der Waals surface area contributed by atoms with Crippen molar-refractivity contribution in [3.8, 4) is 6.07 Å². The summed E-state index contributed by atoms with van der Waals surface area (Å²) in [5.41, 5.74) is 1.66. The van der Waals surface area contributed by atoms with Crippen LogP contribution in [0, 0.1) is 24.2 Å². The van der Waals surface area contributed by atoms with Crippen molar-refractivity contribution in [1.82, 2.24) is 0 Å². The van der Waals surface area contributed by atoms with Crippen LogP contribution in [0.5, 0.6) is 0 Å². The van der Waals surface area contributed by atoms with Crippen molar-refractivity contribution in [1.29, 1.82) is 5.26 Å². The highest BCUT2D eigenvalue weighted by Gasteiger charge is 2.16. The lowest BCUT2D eigenvalue weighted by Gasteiger charge is -2.05. The molecule has 3 heteroatoms. The fourth-order valence-corrected chi connectivity index (χ4v) is 1.80. The molecule has 0 saturated carbocycles. The SMILES string of the molecule is Cc1ccc(C(=O)C(C)C#N)c(Br)c1. The molecule has 14 heavy (non-hydrogen) atoms. The summed E-state index contributed by atoms with van der Waals surface area (Å²) in [7, 11) is 0. The quantitative estimate of drug-likeness (QED) is 0.759. The number of benzene rings is 1. The van der Waals surface area contributed by atoms with Crippen molar-refractivity contribution in [2.24, 2.45) is 5.92 Å². The van der Waals surface area contributed by atoms with Crippen molar-refractivity contribution < 1.29 is 4.79 Å². The number of carbonyl (C=O) groups is 1. The molecule has 2 nitrogen and oxygen atoms in total. The van der Waals surface area contributed by atoms with E-state index in [4.69, 9.17) is 5.26 Å². The lowest BCUT2D eigenvalue weighted by molar-refractivity contribution is 0.0956. The van der Waals surface area contributed by atoms with Gasteiger partial charge in [0.25, 0.3) is 0 Å². The zero-order valence-corrected chi connectivity index (χ0v) is 9.63. The molecule has 0 aliphatic carbocycles. The number of nitrogens with zero attached hydrogens (tertiary/aromatic N) is 1. The Bertz CT molecular complexity index is 406. The van der Waals surface area contributed by atoms with Crippen molar-refractivity contribution in [2.75, 3.05) is 0 Å². The van der Waals surface area contributed by atoms with E-state index in [1.54, 1.807) is 13.0 Å². The van der Waals surface area contributed by atoms with E-state index in [0.717, 1.165) is 10.0 Å². The monoisotopic (exact) mass is 251 g/mol. The summed E-state index contributed by atoms with van der Waals surface area (Å²) in [6.07, 6.45) is 0. The zero-order chi connectivity index (χ0) is 10.7. The summed E-state index contributed by atoms with van der Waals surface area (Å²) in [6, 6.07) is 7.42. The third kappa shape index (κ3) is 2.21.